The van der Waals surface area contributed by atoms with Gasteiger partial charge in [0.1, 0.15) is 11.6 Å². The van der Waals surface area contributed by atoms with Gasteiger partial charge < -0.3 is 14.9 Å². The molecular formula is C15H23N3O3. The summed E-state index contributed by atoms with van der Waals surface area (Å²) in [4.78, 5) is 16.6. The Morgan fingerprint density at radius 2 is 2.00 bits per heavy atom. The van der Waals surface area contributed by atoms with Crippen molar-refractivity contribution in [2.24, 2.45) is 0 Å². The first kappa shape index (κ1) is 14.5. The number of hydrogen-bond acceptors (Lipinski definition) is 5. The maximum atomic E-state index is 12.2. The molecule has 116 valence electrons. The Morgan fingerprint density at radius 1 is 1.33 bits per heavy atom. The summed E-state index contributed by atoms with van der Waals surface area (Å²) in [5.74, 6) is 1.24. The van der Waals surface area contributed by atoms with Crippen LogP contribution in [0.4, 0.5) is 0 Å². The number of aliphatic hydroxyl groups is 1. The lowest BCUT2D eigenvalue weighted by molar-refractivity contribution is -0.140. The number of hydrogen-bond donors (Lipinski definition) is 2. The third-order valence-electron chi connectivity index (χ3n) is 4.75. The van der Waals surface area contributed by atoms with Gasteiger partial charge in [0.15, 0.2) is 5.82 Å². The molecule has 0 aliphatic heterocycles. The standard InChI is InChI=1S/C15H23N3O3/c1-10(16-14(19)15(20)8-4-5-9-15)13-17-12(18-21-13)11-6-2-3-7-11/h10-11,20H,2-9H2,1H3,(H,16,19). The Bertz CT molecular complexity index is 502. The van der Waals surface area contributed by atoms with Gasteiger partial charge in [0.25, 0.3) is 5.91 Å². The predicted octanol–water partition coefficient (Wildman–Crippen LogP) is 2.21. The molecule has 2 N–H and O–H groups in total. The van der Waals surface area contributed by atoms with Gasteiger partial charge in [-0.15, -0.1) is 0 Å². The van der Waals surface area contributed by atoms with Gasteiger partial charge >= 0.3 is 0 Å². The van der Waals surface area contributed by atoms with Gasteiger partial charge in [-0.3, -0.25) is 4.79 Å². The third-order valence-corrected chi connectivity index (χ3v) is 4.75. The molecule has 21 heavy (non-hydrogen) atoms. The average molecular weight is 293 g/mol. The van der Waals surface area contributed by atoms with Crippen LogP contribution in [0.15, 0.2) is 4.52 Å². The number of carbonyl (C=O) groups excluding carboxylic acids is 1. The van der Waals surface area contributed by atoms with Gasteiger partial charge in [0.2, 0.25) is 5.89 Å². The lowest BCUT2D eigenvalue weighted by Gasteiger charge is -2.22. The van der Waals surface area contributed by atoms with Crippen molar-refractivity contribution in [3.05, 3.63) is 11.7 Å². The molecular weight excluding hydrogens is 270 g/mol. The van der Waals surface area contributed by atoms with Crippen LogP contribution < -0.4 is 5.32 Å². The molecule has 0 bridgehead atoms. The quantitative estimate of drug-likeness (QED) is 0.888. The van der Waals surface area contributed by atoms with Crippen LogP contribution in [0.1, 0.15) is 82.0 Å². The Balaban J connectivity index is 1.62. The van der Waals surface area contributed by atoms with Crippen LogP contribution in [-0.4, -0.2) is 26.8 Å². The van der Waals surface area contributed by atoms with E-state index >= 15 is 0 Å². The Kier molecular flexibility index (Phi) is 3.97. The van der Waals surface area contributed by atoms with Crippen LogP contribution in [0, 0.1) is 0 Å². The zero-order valence-corrected chi connectivity index (χ0v) is 12.5. The van der Waals surface area contributed by atoms with Gasteiger partial charge in [-0.05, 0) is 45.4 Å². The lowest BCUT2D eigenvalue weighted by atomic mass is 10.0. The summed E-state index contributed by atoms with van der Waals surface area (Å²) < 4.78 is 5.28. The number of aromatic nitrogens is 2. The molecule has 0 spiro atoms. The fourth-order valence-electron chi connectivity index (χ4n) is 3.35. The molecule has 2 aliphatic rings. The number of carbonyl (C=O) groups is 1. The van der Waals surface area contributed by atoms with Crippen molar-refractivity contribution < 1.29 is 14.4 Å². The highest BCUT2D eigenvalue weighted by Gasteiger charge is 2.39. The number of nitrogens with zero attached hydrogens (tertiary/aromatic N) is 2. The highest BCUT2D eigenvalue weighted by molar-refractivity contribution is 5.85. The summed E-state index contributed by atoms with van der Waals surface area (Å²) in [6.45, 7) is 1.81. The molecule has 0 aromatic carbocycles. The molecule has 6 nitrogen and oxygen atoms in total. The summed E-state index contributed by atoms with van der Waals surface area (Å²) in [5, 5.41) is 17.1. The molecule has 3 rings (SSSR count). The van der Waals surface area contributed by atoms with Gasteiger partial charge in [-0.1, -0.05) is 18.0 Å². The van der Waals surface area contributed by atoms with Crippen LogP contribution in [0.2, 0.25) is 0 Å². The van der Waals surface area contributed by atoms with Crippen molar-refractivity contribution in [3.63, 3.8) is 0 Å². The maximum absolute atomic E-state index is 12.2. The van der Waals surface area contributed by atoms with E-state index in [1.54, 1.807) is 0 Å². The molecule has 0 radical (unpaired) electrons. The second kappa shape index (κ2) is 5.75. The largest absolute Gasteiger partial charge is 0.380 e. The van der Waals surface area contributed by atoms with Crippen molar-refractivity contribution in [1.82, 2.24) is 15.5 Å². The molecule has 1 aromatic rings. The SMILES string of the molecule is CC(NC(=O)C1(O)CCCC1)c1nc(C2CCCC2)no1. The van der Waals surface area contributed by atoms with E-state index in [4.69, 9.17) is 4.52 Å². The molecule has 2 saturated carbocycles. The minimum Gasteiger partial charge on any atom is -0.380 e. The summed E-state index contributed by atoms with van der Waals surface area (Å²) in [6.07, 6.45) is 7.50. The topological polar surface area (TPSA) is 88.2 Å². The molecule has 6 heteroatoms. The minimum absolute atomic E-state index is 0.326. The van der Waals surface area contributed by atoms with Crippen LogP contribution in [0.5, 0.6) is 0 Å². The highest BCUT2D eigenvalue weighted by atomic mass is 16.5. The first-order valence-corrected chi connectivity index (χ1v) is 7.95. The summed E-state index contributed by atoms with van der Waals surface area (Å²) >= 11 is 0. The van der Waals surface area contributed by atoms with E-state index in [2.05, 4.69) is 15.5 Å². The van der Waals surface area contributed by atoms with Crippen molar-refractivity contribution in [2.75, 3.05) is 0 Å². The first-order chi connectivity index (χ1) is 10.1. The Morgan fingerprint density at radius 3 is 2.67 bits per heavy atom. The Labute approximate surface area is 124 Å². The van der Waals surface area contributed by atoms with Gasteiger partial charge in [-0.2, -0.15) is 4.98 Å². The molecule has 1 unspecified atom stereocenters. The van der Waals surface area contributed by atoms with Crippen LogP contribution in [-0.2, 0) is 4.79 Å². The summed E-state index contributed by atoms with van der Waals surface area (Å²) in [7, 11) is 0. The number of nitrogens with one attached hydrogen (secondary N) is 1. The van der Waals surface area contributed by atoms with E-state index in [1.807, 2.05) is 6.92 Å². The van der Waals surface area contributed by atoms with E-state index < -0.39 is 5.60 Å². The smallest absolute Gasteiger partial charge is 0.252 e. The van der Waals surface area contributed by atoms with E-state index in [9.17, 15) is 9.90 Å². The van der Waals surface area contributed by atoms with Crippen LogP contribution in [0.25, 0.3) is 0 Å². The summed E-state index contributed by atoms with van der Waals surface area (Å²) in [6, 6.07) is -0.371. The van der Waals surface area contributed by atoms with Gasteiger partial charge in [0, 0.05) is 5.92 Å². The monoisotopic (exact) mass is 293 g/mol. The number of amides is 1. The fraction of sp³-hybridized carbons (Fsp3) is 0.800. The second-order valence-electron chi connectivity index (χ2n) is 6.41. The fourth-order valence-corrected chi connectivity index (χ4v) is 3.35. The third kappa shape index (κ3) is 2.95. The second-order valence-corrected chi connectivity index (χ2v) is 6.41. The van der Waals surface area contributed by atoms with E-state index in [0.717, 1.165) is 31.5 Å². The average Bonchev–Trinajstić information content (AvgIpc) is 3.20. The molecule has 1 aromatic heterocycles. The van der Waals surface area contributed by atoms with Crippen molar-refractivity contribution in [3.8, 4) is 0 Å². The Hall–Kier alpha value is -1.43. The van der Waals surface area contributed by atoms with Crippen LogP contribution >= 0.6 is 0 Å². The van der Waals surface area contributed by atoms with Crippen LogP contribution in [0.3, 0.4) is 0 Å². The highest BCUT2D eigenvalue weighted by Crippen LogP contribution is 2.33. The molecule has 1 heterocycles. The predicted molar refractivity (Wildman–Crippen MR) is 75.5 cm³/mol. The van der Waals surface area contributed by atoms with E-state index in [1.165, 1.54) is 12.8 Å². The number of rotatable bonds is 4. The van der Waals surface area contributed by atoms with E-state index in [0.29, 0.717) is 24.7 Å². The molecule has 0 saturated heterocycles. The van der Waals surface area contributed by atoms with E-state index in [-0.39, 0.29) is 11.9 Å². The molecule has 2 aliphatic carbocycles. The first-order valence-electron chi connectivity index (χ1n) is 7.95. The molecule has 1 amide bonds. The minimum atomic E-state index is -1.22. The lowest BCUT2D eigenvalue weighted by Crippen LogP contribution is -2.45. The van der Waals surface area contributed by atoms with Crippen molar-refractivity contribution in [2.45, 2.75) is 75.9 Å². The maximum Gasteiger partial charge on any atom is 0.252 e. The molecule has 2 fully saturated rings. The zero-order valence-electron chi connectivity index (χ0n) is 12.5. The van der Waals surface area contributed by atoms with Gasteiger partial charge in [0.05, 0.1) is 0 Å². The summed E-state index contributed by atoms with van der Waals surface area (Å²) in [5.41, 5.74) is -1.22. The van der Waals surface area contributed by atoms with Crippen molar-refractivity contribution >= 4 is 5.91 Å². The molecule has 1 atom stereocenters. The van der Waals surface area contributed by atoms with Gasteiger partial charge in [-0.25, -0.2) is 0 Å². The van der Waals surface area contributed by atoms with Crippen molar-refractivity contribution in [1.29, 1.82) is 0 Å². The zero-order chi connectivity index (χ0) is 14.9. The normalized spacial score (nSPS) is 23.3.